The predicted octanol–water partition coefficient (Wildman–Crippen LogP) is 3.92. The van der Waals surface area contributed by atoms with Gasteiger partial charge in [0, 0.05) is 16.8 Å². The molecule has 3 nitrogen and oxygen atoms in total. The van der Waals surface area contributed by atoms with Crippen LogP contribution in [0.15, 0.2) is 16.6 Å². The van der Waals surface area contributed by atoms with Crippen LogP contribution in [0.3, 0.4) is 0 Å². The fourth-order valence-electron chi connectivity index (χ4n) is 1.19. The molecule has 1 rings (SSSR count). The highest BCUT2D eigenvalue weighted by Gasteiger charge is 2.16. The van der Waals surface area contributed by atoms with Gasteiger partial charge in [0.2, 0.25) is 5.91 Å². The Kier molecular flexibility index (Phi) is 5.56. The smallest absolute Gasteiger partial charge is 0.228 e. The van der Waals surface area contributed by atoms with Crippen LogP contribution in [0.2, 0.25) is 5.02 Å². The van der Waals surface area contributed by atoms with Gasteiger partial charge in [-0.2, -0.15) is 0 Å². The number of carbonyl (C=O) groups is 1. The van der Waals surface area contributed by atoms with E-state index in [4.69, 9.17) is 27.9 Å². The Hall–Kier alpha value is -0.450. The summed E-state index contributed by atoms with van der Waals surface area (Å²) in [4.78, 5) is 11.7. The van der Waals surface area contributed by atoms with E-state index in [-0.39, 0.29) is 17.7 Å². The van der Waals surface area contributed by atoms with Crippen molar-refractivity contribution in [3.63, 3.8) is 0 Å². The number of alkyl halides is 1. The average Bonchev–Trinajstić information content (AvgIpc) is 2.27. The van der Waals surface area contributed by atoms with Gasteiger partial charge < -0.3 is 10.1 Å². The van der Waals surface area contributed by atoms with Crippen molar-refractivity contribution in [1.29, 1.82) is 0 Å². The fourth-order valence-corrected chi connectivity index (χ4v) is 2.30. The second-order valence-corrected chi connectivity index (χ2v) is 5.11. The third-order valence-electron chi connectivity index (χ3n) is 2.15. The summed E-state index contributed by atoms with van der Waals surface area (Å²) in [6.45, 7) is 1.74. The van der Waals surface area contributed by atoms with Gasteiger partial charge in [-0.1, -0.05) is 18.5 Å². The summed E-state index contributed by atoms with van der Waals surface area (Å²) < 4.78 is 5.87. The summed E-state index contributed by atoms with van der Waals surface area (Å²) >= 11 is 14.9. The molecule has 1 unspecified atom stereocenters. The molecule has 0 radical (unpaired) electrons. The number of amides is 1. The number of benzene rings is 1. The molecule has 0 bridgehead atoms. The van der Waals surface area contributed by atoms with Crippen LogP contribution in [0.5, 0.6) is 5.75 Å². The minimum Gasteiger partial charge on any atom is -0.493 e. The maximum Gasteiger partial charge on any atom is 0.228 e. The number of ether oxygens (including phenoxy) is 1. The molecular formula is C11H12BrCl2NO2. The van der Waals surface area contributed by atoms with Crippen LogP contribution in [0.1, 0.15) is 6.92 Å². The minimum atomic E-state index is -0.279. The standard InChI is InChI=1S/C11H12BrCl2NO2/c1-6(5-13)11(16)15-9-4-7(14)3-8(12)10(9)17-2/h3-4,6H,5H2,1-2H3,(H,15,16). The first-order chi connectivity index (χ1) is 7.99. The van der Waals surface area contributed by atoms with Gasteiger partial charge in [0.05, 0.1) is 17.3 Å². The van der Waals surface area contributed by atoms with Gasteiger partial charge in [-0.05, 0) is 28.1 Å². The Bertz CT molecular complexity index is 426. The number of anilines is 1. The molecule has 1 N–H and O–H groups in total. The van der Waals surface area contributed by atoms with Crippen molar-refractivity contribution in [2.75, 3.05) is 18.3 Å². The number of hydrogen-bond donors (Lipinski definition) is 1. The van der Waals surface area contributed by atoms with Gasteiger partial charge in [0.1, 0.15) is 0 Å². The van der Waals surface area contributed by atoms with E-state index in [1.54, 1.807) is 19.1 Å². The average molecular weight is 341 g/mol. The molecule has 0 spiro atoms. The van der Waals surface area contributed by atoms with Crippen molar-refractivity contribution >= 4 is 50.7 Å². The van der Waals surface area contributed by atoms with E-state index in [0.29, 0.717) is 20.9 Å². The summed E-state index contributed by atoms with van der Waals surface area (Å²) in [5.74, 6) is 0.340. The van der Waals surface area contributed by atoms with E-state index in [1.807, 2.05) is 0 Å². The predicted molar refractivity (Wildman–Crippen MR) is 74.2 cm³/mol. The third kappa shape index (κ3) is 3.76. The van der Waals surface area contributed by atoms with Gasteiger partial charge in [-0.3, -0.25) is 4.79 Å². The maximum atomic E-state index is 11.7. The molecule has 0 aliphatic carbocycles. The lowest BCUT2D eigenvalue weighted by Gasteiger charge is -2.14. The highest BCUT2D eigenvalue weighted by molar-refractivity contribution is 9.10. The molecule has 0 saturated heterocycles. The number of halogens is 3. The number of rotatable bonds is 4. The maximum absolute atomic E-state index is 11.7. The number of carbonyl (C=O) groups excluding carboxylic acids is 1. The van der Waals surface area contributed by atoms with Crippen molar-refractivity contribution in [2.45, 2.75) is 6.92 Å². The van der Waals surface area contributed by atoms with Crippen LogP contribution in [-0.4, -0.2) is 18.9 Å². The molecule has 0 aliphatic rings. The molecule has 0 aliphatic heterocycles. The SMILES string of the molecule is COc1c(Br)cc(Cl)cc1NC(=O)C(C)CCl. The van der Waals surface area contributed by atoms with Crippen molar-refractivity contribution in [3.05, 3.63) is 21.6 Å². The summed E-state index contributed by atoms with van der Waals surface area (Å²) in [6.07, 6.45) is 0. The first-order valence-electron chi connectivity index (χ1n) is 4.89. The molecule has 0 heterocycles. The first kappa shape index (κ1) is 14.6. The zero-order valence-corrected chi connectivity index (χ0v) is 12.5. The van der Waals surface area contributed by atoms with Crippen molar-refractivity contribution < 1.29 is 9.53 Å². The van der Waals surface area contributed by atoms with Crippen LogP contribution in [0.25, 0.3) is 0 Å². The van der Waals surface area contributed by atoms with Crippen molar-refractivity contribution in [1.82, 2.24) is 0 Å². The van der Waals surface area contributed by atoms with Gasteiger partial charge in [0.15, 0.2) is 5.75 Å². The lowest BCUT2D eigenvalue weighted by molar-refractivity contribution is -0.118. The lowest BCUT2D eigenvalue weighted by Crippen LogP contribution is -2.21. The minimum absolute atomic E-state index is 0.174. The second kappa shape index (κ2) is 6.47. The number of methoxy groups -OCH3 is 1. The first-order valence-corrected chi connectivity index (χ1v) is 6.60. The normalized spacial score (nSPS) is 12.1. The molecule has 0 saturated carbocycles. The van der Waals surface area contributed by atoms with Crippen LogP contribution in [0, 0.1) is 5.92 Å². The monoisotopic (exact) mass is 339 g/mol. The van der Waals surface area contributed by atoms with Gasteiger partial charge >= 0.3 is 0 Å². The molecule has 1 aromatic rings. The van der Waals surface area contributed by atoms with E-state index < -0.39 is 0 Å². The van der Waals surface area contributed by atoms with Gasteiger partial charge in [-0.15, -0.1) is 11.6 Å². The highest BCUT2D eigenvalue weighted by Crippen LogP contribution is 2.36. The molecule has 0 fully saturated rings. The Morgan fingerprint density at radius 1 is 1.59 bits per heavy atom. The summed E-state index contributed by atoms with van der Waals surface area (Å²) in [5.41, 5.74) is 0.522. The molecule has 1 atom stereocenters. The highest BCUT2D eigenvalue weighted by atomic mass is 79.9. The van der Waals surface area contributed by atoms with Crippen LogP contribution in [0.4, 0.5) is 5.69 Å². The topological polar surface area (TPSA) is 38.3 Å². The Labute approximate surface area is 119 Å². The third-order valence-corrected chi connectivity index (χ3v) is 3.42. The van der Waals surface area contributed by atoms with Crippen molar-refractivity contribution in [2.24, 2.45) is 5.92 Å². The van der Waals surface area contributed by atoms with E-state index in [9.17, 15) is 4.79 Å². The molecule has 0 aromatic heterocycles. The van der Waals surface area contributed by atoms with Crippen LogP contribution in [-0.2, 0) is 4.79 Å². The quantitative estimate of drug-likeness (QED) is 0.843. The molecule has 1 amide bonds. The van der Waals surface area contributed by atoms with Crippen molar-refractivity contribution in [3.8, 4) is 5.75 Å². The molecule has 94 valence electrons. The second-order valence-electron chi connectivity index (χ2n) is 3.51. The largest absolute Gasteiger partial charge is 0.493 e. The number of hydrogen-bond acceptors (Lipinski definition) is 2. The van der Waals surface area contributed by atoms with Crippen LogP contribution >= 0.6 is 39.1 Å². The lowest BCUT2D eigenvalue weighted by atomic mass is 10.2. The summed E-state index contributed by atoms with van der Waals surface area (Å²) in [5, 5.41) is 3.24. The molecule has 17 heavy (non-hydrogen) atoms. The Balaban J connectivity index is 3.01. The molecule has 1 aromatic carbocycles. The zero-order valence-electron chi connectivity index (χ0n) is 9.39. The molecular weight excluding hydrogens is 329 g/mol. The summed E-state index contributed by atoms with van der Waals surface area (Å²) in [7, 11) is 1.52. The van der Waals surface area contributed by atoms with Crippen LogP contribution < -0.4 is 10.1 Å². The fraction of sp³-hybridized carbons (Fsp3) is 0.364. The Morgan fingerprint density at radius 2 is 2.24 bits per heavy atom. The number of nitrogens with one attached hydrogen (secondary N) is 1. The summed E-state index contributed by atoms with van der Waals surface area (Å²) in [6, 6.07) is 3.32. The Morgan fingerprint density at radius 3 is 2.76 bits per heavy atom. The van der Waals surface area contributed by atoms with Gasteiger partial charge in [0.25, 0.3) is 0 Å². The van der Waals surface area contributed by atoms with Gasteiger partial charge in [-0.25, -0.2) is 0 Å². The van der Waals surface area contributed by atoms with E-state index in [1.165, 1.54) is 7.11 Å². The van der Waals surface area contributed by atoms with E-state index >= 15 is 0 Å². The van der Waals surface area contributed by atoms with E-state index in [2.05, 4.69) is 21.2 Å². The molecule has 6 heteroatoms. The van der Waals surface area contributed by atoms with E-state index in [0.717, 1.165) is 0 Å². The zero-order chi connectivity index (χ0) is 13.0.